The number of likely N-dealkylation sites (N-methyl/N-ethyl adjacent to an activating group) is 1. The number of likely N-dealkylation sites (tertiary alicyclic amines) is 1. The molecular weight excluding hydrogens is 324 g/mol. The van der Waals surface area contributed by atoms with E-state index >= 15 is 0 Å². The first kappa shape index (κ1) is 15.6. The van der Waals surface area contributed by atoms with E-state index in [2.05, 4.69) is 11.0 Å². The van der Waals surface area contributed by atoms with Crippen LogP contribution in [0.5, 0.6) is 0 Å². The van der Waals surface area contributed by atoms with Gasteiger partial charge in [0, 0.05) is 25.0 Å². The van der Waals surface area contributed by atoms with Crippen molar-refractivity contribution in [2.75, 3.05) is 38.1 Å². The second-order valence-corrected chi connectivity index (χ2v) is 7.99. The van der Waals surface area contributed by atoms with Crippen molar-refractivity contribution in [2.45, 2.75) is 24.8 Å². The van der Waals surface area contributed by atoms with Crippen LogP contribution in [0.25, 0.3) is 0 Å². The molecule has 6 nitrogen and oxygen atoms in total. The molecule has 24 heavy (non-hydrogen) atoms. The number of nitrogens with zero attached hydrogens (tertiary/aromatic N) is 4. The summed E-state index contributed by atoms with van der Waals surface area (Å²) in [5.74, 6) is 0.0799. The van der Waals surface area contributed by atoms with Crippen molar-refractivity contribution in [1.29, 1.82) is 5.26 Å². The number of anilines is 1. The summed E-state index contributed by atoms with van der Waals surface area (Å²) in [5.41, 5.74) is -0.0310. The predicted octanol–water partition coefficient (Wildman–Crippen LogP) is 1.30. The number of carbonyl (C=O) groups excluding carboxylic acids is 2. The van der Waals surface area contributed by atoms with E-state index in [1.54, 1.807) is 11.3 Å². The van der Waals surface area contributed by atoms with Gasteiger partial charge in [-0.15, -0.1) is 0 Å². The first-order valence-electron chi connectivity index (χ1n) is 8.24. The van der Waals surface area contributed by atoms with Gasteiger partial charge in [-0.25, -0.2) is 0 Å². The molecular formula is C17H20N4O2S. The zero-order valence-electron chi connectivity index (χ0n) is 13.7. The number of carbonyl (C=O) groups is 2. The lowest BCUT2D eigenvalue weighted by Crippen LogP contribution is -2.64. The van der Waals surface area contributed by atoms with E-state index in [9.17, 15) is 14.9 Å². The maximum Gasteiger partial charge on any atom is 0.243 e. The quantitative estimate of drug-likeness (QED) is 0.811. The van der Waals surface area contributed by atoms with Crippen molar-refractivity contribution in [3.05, 3.63) is 16.8 Å². The first-order valence-corrected chi connectivity index (χ1v) is 9.18. The van der Waals surface area contributed by atoms with Crippen molar-refractivity contribution in [1.82, 2.24) is 9.80 Å². The molecule has 126 valence electrons. The van der Waals surface area contributed by atoms with Crippen LogP contribution in [0.1, 0.15) is 19.3 Å². The number of thiophene rings is 1. The Balaban J connectivity index is 1.55. The summed E-state index contributed by atoms with van der Waals surface area (Å²) >= 11 is 1.58. The lowest BCUT2D eigenvalue weighted by molar-refractivity contribution is -0.134. The zero-order chi connectivity index (χ0) is 16.9. The molecule has 1 aromatic rings. The molecule has 2 saturated heterocycles. The van der Waals surface area contributed by atoms with E-state index in [1.165, 1.54) is 0 Å². The van der Waals surface area contributed by atoms with Crippen LogP contribution in [-0.2, 0) is 9.59 Å². The molecule has 3 aliphatic rings. The van der Waals surface area contributed by atoms with Crippen LogP contribution in [-0.4, -0.2) is 60.4 Å². The normalized spacial score (nSPS) is 29.1. The van der Waals surface area contributed by atoms with Gasteiger partial charge in [0.15, 0.2) is 0 Å². The molecule has 4 rings (SSSR count). The monoisotopic (exact) mass is 344 g/mol. The van der Waals surface area contributed by atoms with Crippen LogP contribution in [0.2, 0.25) is 0 Å². The standard InChI is InChI=1S/C17H20N4O2S/c1-19-8-14(22)21(13-2-7-24-9-13)12-17(19)5-6-20(11-17)15(23)16(10-18)3-4-16/h2,7,9H,3-6,8,11-12H2,1H3. The zero-order valence-corrected chi connectivity index (χ0v) is 14.5. The van der Waals surface area contributed by atoms with Crippen molar-refractivity contribution in [3.8, 4) is 6.07 Å². The molecule has 1 aromatic heterocycles. The van der Waals surface area contributed by atoms with Crippen molar-refractivity contribution < 1.29 is 9.59 Å². The molecule has 3 fully saturated rings. The van der Waals surface area contributed by atoms with Crippen LogP contribution < -0.4 is 4.90 Å². The van der Waals surface area contributed by atoms with E-state index in [0.717, 1.165) is 12.1 Å². The largest absolute Gasteiger partial charge is 0.339 e. The molecule has 2 aliphatic heterocycles. The van der Waals surface area contributed by atoms with Crippen LogP contribution in [0, 0.1) is 16.7 Å². The van der Waals surface area contributed by atoms with Crippen molar-refractivity contribution in [3.63, 3.8) is 0 Å². The van der Waals surface area contributed by atoms with Gasteiger partial charge in [0.25, 0.3) is 0 Å². The Kier molecular flexibility index (Phi) is 3.44. The fourth-order valence-corrected chi connectivity index (χ4v) is 4.52. The van der Waals surface area contributed by atoms with E-state index in [-0.39, 0.29) is 17.4 Å². The third-order valence-corrected chi connectivity index (χ3v) is 6.42. The van der Waals surface area contributed by atoms with Gasteiger partial charge in [0.1, 0.15) is 5.41 Å². The maximum atomic E-state index is 12.7. The molecule has 2 amide bonds. The number of rotatable bonds is 2. The molecule has 0 N–H and O–H groups in total. The molecule has 0 bridgehead atoms. The van der Waals surface area contributed by atoms with Crippen molar-refractivity contribution >= 4 is 28.8 Å². The highest BCUT2D eigenvalue weighted by Gasteiger charge is 2.56. The molecule has 0 aromatic carbocycles. The lowest BCUT2D eigenvalue weighted by atomic mass is 9.92. The molecule has 1 saturated carbocycles. The van der Waals surface area contributed by atoms with Crippen LogP contribution in [0.15, 0.2) is 16.8 Å². The minimum absolute atomic E-state index is 0.0192. The summed E-state index contributed by atoms with van der Waals surface area (Å²) < 4.78 is 0. The molecule has 7 heteroatoms. The smallest absolute Gasteiger partial charge is 0.243 e. The highest BCUT2D eigenvalue weighted by molar-refractivity contribution is 7.08. The van der Waals surface area contributed by atoms with Crippen molar-refractivity contribution in [2.24, 2.45) is 5.41 Å². The predicted molar refractivity (Wildman–Crippen MR) is 90.5 cm³/mol. The Morgan fingerprint density at radius 1 is 1.33 bits per heavy atom. The Hall–Kier alpha value is -1.91. The Morgan fingerprint density at radius 2 is 2.12 bits per heavy atom. The SMILES string of the molecule is CN1CC(=O)N(c2ccsc2)CC12CCN(C(=O)C1(C#N)CC1)C2. The van der Waals surface area contributed by atoms with E-state index in [1.807, 2.05) is 33.7 Å². The second kappa shape index (κ2) is 5.30. The van der Waals surface area contributed by atoms with Gasteiger partial charge >= 0.3 is 0 Å². The molecule has 3 heterocycles. The van der Waals surface area contributed by atoms with E-state index < -0.39 is 5.41 Å². The number of amides is 2. The number of piperazine rings is 1. The van der Waals surface area contributed by atoms with E-state index in [0.29, 0.717) is 39.0 Å². The highest BCUT2D eigenvalue weighted by Crippen LogP contribution is 2.48. The Morgan fingerprint density at radius 3 is 2.75 bits per heavy atom. The van der Waals surface area contributed by atoms with Gasteiger partial charge < -0.3 is 9.80 Å². The third-order valence-electron chi connectivity index (χ3n) is 5.75. The van der Waals surface area contributed by atoms with Gasteiger partial charge in [-0.3, -0.25) is 14.5 Å². The van der Waals surface area contributed by atoms with E-state index in [4.69, 9.17) is 0 Å². The summed E-state index contributed by atoms with van der Waals surface area (Å²) in [6.45, 7) is 2.22. The minimum atomic E-state index is -0.762. The molecule has 1 unspecified atom stereocenters. The van der Waals surface area contributed by atoms with Gasteiger partial charge in [0.05, 0.1) is 23.8 Å². The number of hydrogen-bond acceptors (Lipinski definition) is 5. The average molecular weight is 344 g/mol. The van der Waals surface area contributed by atoms with Gasteiger partial charge in [-0.1, -0.05) is 0 Å². The minimum Gasteiger partial charge on any atom is -0.339 e. The lowest BCUT2D eigenvalue weighted by Gasteiger charge is -2.46. The summed E-state index contributed by atoms with van der Waals surface area (Å²) in [4.78, 5) is 30.9. The molecule has 0 radical (unpaired) electrons. The fourth-order valence-electron chi connectivity index (χ4n) is 3.88. The number of hydrogen-bond donors (Lipinski definition) is 0. The van der Waals surface area contributed by atoms with Gasteiger partial charge in [-0.05, 0) is 37.8 Å². The van der Waals surface area contributed by atoms with Crippen LogP contribution >= 0.6 is 11.3 Å². The summed E-state index contributed by atoms with van der Waals surface area (Å²) in [6.07, 6.45) is 2.20. The Labute approximate surface area is 145 Å². The topological polar surface area (TPSA) is 67.7 Å². The maximum absolute atomic E-state index is 12.7. The Bertz CT molecular complexity index is 721. The molecule has 1 aliphatic carbocycles. The summed E-state index contributed by atoms with van der Waals surface area (Å²) in [5, 5.41) is 13.2. The third kappa shape index (κ3) is 2.25. The van der Waals surface area contributed by atoms with Gasteiger partial charge in [-0.2, -0.15) is 16.6 Å². The fraction of sp³-hybridized carbons (Fsp3) is 0.588. The molecule has 1 spiro atoms. The van der Waals surface area contributed by atoms with Gasteiger partial charge in [0.2, 0.25) is 11.8 Å². The molecule has 1 atom stereocenters. The number of nitriles is 1. The van der Waals surface area contributed by atoms with Crippen LogP contribution in [0.4, 0.5) is 5.69 Å². The summed E-state index contributed by atoms with van der Waals surface area (Å²) in [6, 6.07) is 4.17. The second-order valence-electron chi connectivity index (χ2n) is 7.21. The average Bonchev–Trinajstić information content (AvgIpc) is 2.98. The first-order chi connectivity index (χ1) is 11.5. The highest BCUT2D eigenvalue weighted by atomic mass is 32.1. The van der Waals surface area contributed by atoms with Crippen LogP contribution in [0.3, 0.4) is 0 Å². The summed E-state index contributed by atoms with van der Waals surface area (Å²) in [7, 11) is 1.97.